The highest BCUT2D eigenvalue weighted by atomic mass is 16.4. The van der Waals surface area contributed by atoms with Gasteiger partial charge in [-0.05, 0) is 12.8 Å². The van der Waals surface area contributed by atoms with Gasteiger partial charge in [0.05, 0.1) is 5.84 Å². The molecular formula is C8H16N2O2. The molecule has 4 nitrogen and oxygen atoms in total. The van der Waals surface area contributed by atoms with Gasteiger partial charge in [0.2, 0.25) is 0 Å². The Kier molecular flexibility index (Phi) is 6.05. The summed E-state index contributed by atoms with van der Waals surface area (Å²) in [6.07, 6.45) is 4.39. The fourth-order valence-corrected chi connectivity index (χ4v) is 0.945. The summed E-state index contributed by atoms with van der Waals surface area (Å²) in [6, 6.07) is 0. The van der Waals surface area contributed by atoms with Crippen LogP contribution in [0.5, 0.6) is 0 Å². The van der Waals surface area contributed by atoms with Gasteiger partial charge < -0.3 is 10.8 Å². The summed E-state index contributed by atoms with van der Waals surface area (Å²) in [4.78, 5) is 10.1. The molecule has 0 atom stereocenters. The van der Waals surface area contributed by atoms with E-state index in [1.807, 2.05) is 0 Å². The van der Waals surface area contributed by atoms with Crippen LogP contribution in [0.1, 0.15) is 38.5 Å². The predicted molar refractivity (Wildman–Crippen MR) is 47.3 cm³/mol. The van der Waals surface area contributed by atoms with Crippen LogP contribution in [-0.2, 0) is 4.79 Å². The molecule has 4 N–H and O–H groups in total. The monoisotopic (exact) mass is 172 g/mol. The molecule has 70 valence electrons. The average molecular weight is 172 g/mol. The van der Waals surface area contributed by atoms with Crippen LogP contribution in [0.15, 0.2) is 0 Å². The van der Waals surface area contributed by atoms with E-state index in [-0.39, 0.29) is 12.3 Å². The Labute approximate surface area is 72.3 Å². The van der Waals surface area contributed by atoms with Crippen LogP contribution in [0.4, 0.5) is 0 Å². The number of rotatable bonds is 7. The van der Waals surface area contributed by atoms with Crippen LogP contribution in [0.2, 0.25) is 0 Å². The number of carboxylic acids is 1. The fraction of sp³-hybridized carbons (Fsp3) is 0.750. The molecule has 0 aromatic carbocycles. The van der Waals surface area contributed by atoms with Crippen molar-refractivity contribution in [1.29, 1.82) is 5.41 Å². The Hall–Kier alpha value is -1.06. The van der Waals surface area contributed by atoms with Crippen molar-refractivity contribution < 1.29 is 9.90 Å². The van der Waals surface area contributed by atoms with E-state index in [0.717, 1.165) is 25.7 Å². The highest BCUT2D eigenvalue weighted by molar-refractivity contribution is 5.76. The van der Waals surface area contributed by atoms with Crippen molar-refractivity contribution in [3.8, 4) is 0 Å². The number of carbonyl (C=O) groups is 1. The highest BCUT2D eigenvalue weighted by Crippen LogP contribution is 2.04. The molecule has 0 rings (SSSR count). The molecule has 0 aliphatic heterocycles. The number of amidine groups is 1. The number of nitrogens with two attached hydrogens (primary N) is 1. The van der Waals surface area contributed by atoms with E-state index in [1.54, 1.807) is 0 Å². The molecule has 4 heteroatoms. The molecular weight excluding hydrogens is 156 g/mol. The summed E-state index contributed by atoms with van der Waals surface area (Å²) >= 11 is 0. The van der Waals surface area contributed by atoms with Crippen LogP contribution in [-0.4, -0.2) is 16.9 Å². The quantitative estimate of drug-likeness (QED) is 0.307. The molecule has 12 heavy (non-hydrogen) atoms. The second kappa shape index (κ2) is 6.64. The second-order valence-electron chi connectivity index (χ2n) is 2.83. The molecule has 0 spiro atoms. The molecule has 0 radical (unpaired) electrons. The van der Waals surface area contributed by atoms with Crippen molar-refractivity contribution in [1.82, 2.24) is 0 Å². The van der Waals surface area contributed by atoms with Crippen LogP contribution >= 0.6 is 0 Å². The van der Waals surface area contributed by atoms with Gasteiger partial charge in [0.1, 0.15) is 0 Å². The van der Waals surface area contributed by atoms with E-state index in [9.17, 15) is 4.79 Å². The van der Waals surface area contributed by atoms with E-state index < -0.39 is 5.97 Å². The molecule has 0 amide bonds. The zero-order valence-corrected chi connectivity index (χ0v) is 7.18. The van der Waals surface area contributed by atoms with Gasteiger partial charge in [-0.15, -0.1) is 0 Å². The predicted octanol–water partition coefficient (Wildman–Crippen LogP) is 1.35. The van der Waals surface area contributed by atoms with Crippen LogP contribution in [0.25, 0.3) is 0 Å². The summed E-state index contributed by atoms with van der Waals surface area (Å²) < 4.78 is 0. The second-order valence-corrected chi connectivity index (χ2v) is 2.83. The smallest absolute Gasteiger partial charge is 0.303 e. The summed E-state index contributed by atoms with van der Waals surface area (Å²) in [5.74, 6) is -0.519. The van der Waals surface area contributed by atoms with Crippen LogP contribution < -0.4 is 5.73 Å². The first kappa shape index (κ1) is 10.9. The van der Waals surface area contributed by atoms with Gasteiger partial charge in [-0.2, -0.15) is 0 Å². The topological polar surface area (TPSA) is 87.2 Å². The maximum atomic E-state index is 10.1. The van der Waals surface area contributed by atoms with E-state index >= 15 is 0 Å². The van der Waals surface area contributed by atoms with Crippen LogP contribution in [0, 0.1) is 5.41 Å². The van der Waals surface area contributed by atoms with E-state index in [4.69, 9.17) is 16.2 Å². The Bertz CT molecular complexity index is 139. The molecule has 0 aliphatic rings. The van der Waals surface area contributed by atoms with Gasteiger partial charge in [-0.1, -0.05) is 12.8 Å². The van der Waals surface area contributed by atoms with Gasteiger partial charge in [0.15, 0.2) is 0 Å². The molecule has 0 bridgehead atoms. The molecule has 0 fully saturated rings. The average Bonchev–Trinajstić information content (AvgIpc) is 1.95. The van der Waals surface area contributed by atoms with E-state index in [2.05, 4.69) is 0 Å². The summed E-state index contributed by atoms with van der Waals surface area (Å²) in [6.45, 7) is 0. The lowest BCUT2D eigenvalue weighted by molar-refractivity contribution is -0.137. The molecule has 0 saturated carbocycles. The molecule has 0 saturated heterocycles. The Morgan fingerprint density at radius 3 is 2.08 bits per heavy atom. The number of hydrogen-bond donors (Lipinski definition) is 3. The van der Waals surface area contributed by atoms with Crippen LogP contribution in [0.3, 0.4) is 0 Å². The molecule has 0 aromatic heterocycles. The third-order valence-corrected chi connectivity index (χ3v) is 1.59. The lowest BCUT2D eigenvalue weighted by Crippen LogP contribution is -2.08. The standard InChI is InChI=1S/C8H16N2O2/c9-7(10)5-3-1-2-4-6-8(11)12/h1-6H2,(H3,9,10)(H,11,12). The maximum Gasteiger partial charge on any atom is 0.303 e. The van der Waals surface area contributed by atoms with E-state index in [1.165, 1.54) is 0 Å². The fourth-order valence-electron chi connectivity index (χ4n) is 0.945. The number of unbranched alkanes of at least 4 members (excludes halogenated alkanes) is 3. The first-order chi connectivity index (χ1) is 5.63. The van der Waals surface area contributed by atoms with Gasteiger partial charge >= 0.3 is 5.97 Å². The third-order valence-electron chi connectivity index (χ3n) is 1.59. The van der Waals surface area contributed by atoms with Crippen molar-refractivity contribution in [2.45, 2.75) is 38.5 Å². The normalized spacial score (nSPS) is 9.67. The first-order valence-electron chi connectivity index (χ1n) is 4.17. The molecule has 0 unspecified atom stereocenters. The Balaban J connectivity index is 3.01. The number of aliphatic carboxylic acids is 1. The van der Waals surface area contributed by atoms with Crippen molar-refractivity contribution in [3.05, 3.63) is 0 Å². The lowest BCUT2D eigenvalue weighted by Gasteiger charge is -1.98. The number of hydrogen-bond acceptors (Lipinski definition) is 2. The number of nitrogens with one attached hydrogen (secondary N) is 1. The van der Waals surface area contributed by atoms with Gasteiger partial charge in [-0.3, -0.25) is 10.2 Å². The largest absolute Gasteiger partial charge is 0.481 e. The minimum atomic E-state index is -0.735. The van der Waals surface area contributed by atoms with Gasteiger partial charge in [0, 0.05) is 12.8 Å². The number of carboxylic acid groups (broad SMARTS) is 1. The van der Waals surface area contributed by atoms with Gasteiger partial charge in [-0.25, -0.2) is 0 Å². The molecule has 0 heterocycles. The first-order valence-corrected chi connectivity index (χ1v) is 4.17. The summed E-state index contributed by atoms with van der Waals surface area (Å²) in [5.41, 5.74) is 5.14. The third kappa shape index (κ3) is 8.94. The maximum absolute atomic E-state index is 10.1. The zero-order valence-electron chi connectivity index (χ0n) is 7.18. The minimum absolute atomic E-state index is 0.216. The van der Waals surface area contributed by atoms with Crippen molar-refractivity contribution in [2.24, 2.45) is 5.73 Å². The Morgan fingerprint density at radius 1 is 1.17 bits per heavy atom. The molecule has 0 aliphatic carbocycles. The summed E-state index contributed by atoms with van der Waals surface area (Å²) in [7, 11) is 0. The highest BCUT2D eigenvalue weighted by Gasteiger charge is 1.96. The zero-order chi connectivity index (χ0) is 9.40. The molecule has 0 aromatic rings. The van der Waals surface area contributed by atoms with E-state index in [0.29, 0.717) is 6.42 Å². The van der Waals surface area contributed by atoms with Crippen molar-refractivity contribution in [2.75, 3.05) is 0 Å². The van der Waals surface area contributed by atoms with Crippen molar-refractivity contribution >= 4 is 11.8 Å². The van der Waals surface area contributed by atoms with Crippen molar-refractivity contribution in [3.63, 3.8) is 0 Å². The SMILES string of the molecule is N=C(N)CCCCCCC(=O)O. The minimum Gasteiger partial charge on any atom is -0.481 e. The summed E-state index contributed by atoms with van der Waals surface area (Å²) in [5, 5.41) is 15.2. The lowest BCUT2D eigenvalue weighted by atomic mass is 10.1. The Morgan fingerprint density at radius 2 is 1.67 bits per heavy atom. The van der Waals surface area contributed by atoms with Gasteiger partial charge in [0.25, 0.3) is 0 Å².